The molecule has 2 heterocycles. The van der Waals surface area contributed by atoms with E-state index in [0.29, 0.717) is 27.7 Å². The molecular formula is C24H20ClNO5. The number of hydrogen-bond acceptors (Lipinski definition) is 5. The number of ketones is 1. The van der Waals surface area contributed by atoms with E-state index >= 15 is 0 Å². The molecule has 1 aliphatic heterocycles. The number of likely N-dealkylation sites (tertiary alicyclic amines) is 1. The molecule has 0 bridgehead atoms. The van der Waals surface area contributed by atoms with E-state index in [0.717, 1.165) is 5.56 Å². The molecule has 7 heteroatoms. The number of benzene rings is 2. The Morgan fingerprint density at radius 1 is 1.16 bits per heavy atom. The first-order valence-corrected chi connectivity index (χ1v) is 9.99. The van der Waals surface area contributed by atoms with E-state index in [1.165, 1.54) is 11.2 Å². The van der Waals surface area contributed by atoms with Crippen molar-refractivity contribution in [3.63, 3.8) is 0 Å². The Morgan fingerprint density at radius 3 is 2.52 bits per heavy atom. The van der Waals surface area contributed by atoms with Gasteiger partial charge >= 0.3 is 0 Å². The average Bonchev–Trinajstić information content (AvgIpc) is 3.36. The number of nitrogens with zero attached hydrogens (tertiary/aromatic N) is 1. The number of carbonyl (C=O) groups is 2. The molecule has 0 saturated carbocycles. The Balaban J connectivity index is 1.86. The summed E-state index contributed by atoms with van der Waals surface area (Å²) in [5.41, 5.74) is 1.89. The number of amides is 1. The van der Waals surface area contributed by atoms with Crippen LogP contribution in [0.4, 0.5) is 0 Å². The molecule has 1 amide bonds. The van der Waals surface area contributed by atoms with Crippen LogP contribution in [0.5, 0.6) is 5.75 Å². The highest BCUT2D eigenvalue weighted by atomic mass is 35.5. The monoisotopic (exact) mass is 437 g/mol. The van der Waals surface area contributed by atoms with Crippen LogP contribution in [-0.2, 0) is 16.1 Å². The summed E-state index contributed by atoms with van der Waals surface area (Å²) < 4.78 is 10.7. The molecule has 1 fully saturated rings. The lowest BCUT2D eigenvalue weighted by Crippen LogP contribution is -2.29. The minimum absolute atomic E-state index is 0.0171. The van der Waals surface area contributed by atoms with E-state index < -0.39 is 17.7 Å². The van der Waals surface area contributed by atoms with Crippen LogP contribution in [0.25, 0.3) is 5.76 Å². The van der Waals surface area contributed by atoms with Gasteiger partial charge in [-0.1, -0.05) is 23.7 Å². The Bertz CT molecular complexity index is 1170. The zero-order valence-corrected chi connectivity index (χ0v) is 17.7. The van der Waals surface area contributed by atoms with Gasteiger partial charge in [0.25, 0.3) is 11.7 Å². The molecule has 1 saturated heterocycles. The van der Waals surface area contributed by atoms with Crippen LogP contribution in [0.1, 0.15) is 28.5 Å². The van der Waals surface area contributed by atoms with Gasteiger partial charge in [-0.25, -0.2) is 0 Å². The van der Waals surface area contributed by atoms with Crippen LogP contribution in [0.15, 0.2) is 70.9 Å². The molecule has 1 N–H and O–H groups in total. The number of rotatable bonds is 5. The molecule has 3 aromatic rings. The largest absolute Gasteiger partial charge is 0.507 e. The fraction of sp³-hybridized carbons (Fsp3) is 0.167. The standard InChI is InChI=1S/C24H20ClNO5/c1-14-12-16(7-10-19(14)30-2)22(27)20-21(15-5-8-17(25)9-6-15)26(24(29)23(20)28)13-18-4-3-11-31-18/h3-12,21,27H,13H2,1-2H3/b22-20-. The minimum Gasteiger partial charge on any atom is -0.507 e. The van der Waals surface area contributed by atoms with Gasteiger partial charge in [0, 0.05) is 10.6 Å². The normalized spacial score (nSPS) is 17.9. The number of aryl methyl sites for hydroxylation is 1. The second kappa shape index (κ2) is 8.32. The van der Waals surface area contributed by atoms with Gasteiger partial charge in [0.1, 0.15) is 17.3 Å². The lowest BCUT2D eigenvalue weighted by molar-refractivity contribution is -0.140. The van der Waals surface area contributed by atoms with E-state index in [9.17, 15) is 14.7 Å². The lowest BCUT2D eigenvalue weighted by atomic mass is 9.95. The molecule has 1 atom stereocenters. The van der Waals surface area contributed by atoms with Gasteiger partial charge in [-0.3, -0.25) is 9.59 Å². The number of aliphatic hydroxyl groups is 1. The summed E-state index contributed by atoms with van der Waals surface area (Å²) in [5.74, 6) is -0.517. The number of Topliss-reactive ketones (excluding diaryl/α,β-unsaturated/α-hetero) is 1. The highest BCUT2D eigenvalue weighted by Crippen LogP contribution is 2.41. The molecule has 1 unspecified atom stereocenters. The minimum atomic E-state index is -0.787. The molecule has 0 radical (unpaired) electrons. The smallest absolute Gasteiger partial charge is 0.296 e. The molecule has 31 heavy (non-hydrogen) atoms. The lowest BCUT2D eigenvalue weighted by Gasteiger charge is -2.24. The molecule has 158 valence electrons. The molecule has 4 rings (SSSR count). The fourth-order valence-electron chi connectivity index (χ4n) is 3.79. The van der Waals surface area contributed by atoms with Gasteiger partial charge in [-0.15, -0.1) is 0 Å². The Kier molecular flexibility index (Phi) is 5.57. The molecule has 0 aliphatic carbocycles. The number of methoxy groups -OCH3 is 1. The molecule has 0 spiro atoms. The summed E-state index contributed by atoms with van der Waals surface area (Å²) >= 11 is 6.03. The zero-order chi connectivity index (χ0) is 22.1. The highest BCUT2D eigenvalue weighted by molar-refractivity contribution is 6.46. The van der Waals surface area contributed by atoms with Crippen LogP contribution in [0.3, 0.4) is 0 Å². The number of ether oxygens (including phenoxy) is 1. The quantitative estimate of drug-likeness (QED) is 0.350. The second-order valence-corrected chi connectivity index (χ2v) is 7.68. The van der Waals surface area contributed by atoms with Gasteiger partial charge in [0.2, 0.25) is 0 Å². The van der Waals surface area contributed by atoms with Crippen molar-refractivity contribution in [2.45, 2.75) is 19.5 Å². The van der Waals surface area contributed by atoms with Gasteiger partial charge in [-0.05, 0) is 60.5 Å². The van der Waals surface area contributed by atoms with Crippen molar-refractivity contribution >= 4 is 29.1 Å². The number of aliphatic hydroxyl groups excluding tert-OH is 1. The maximum absolute atomic E-state index is 13.0. The van der Waals surface area contributed by atoms with Crippen molar-refractivity contribution in [1.29, 1.82) is 0 Å². The van der Waals surface area contributed by atoms with Crippen LogP contribution < -0.4 is 4.74 Å². The predicted molar refractivity (Wildman–Crippen MR) is 116 cm³/mol. The van der Waals surface area contributed by atoms with Crippen molar-refractivity contribution < 1.29 is 23.8 Å². The van der Waals surface area contributed by atoms with Crippen LogP contribution in [0.2, 0.25) is 5.02 Å². The van der Waals surface area contributed by atoms with E-state index in [2.05, 4.69) is 0 Å². The second-order valence-electron chi connectivity index (χ2n) is 7.24. The predicted octanol–water partition coefficient (Wildman–Crippen LogP) is 4.87. The van der Waals surface area contributed by atoms with Gasteiger partial charge in [-0.2, -0.15) is 0 Å². The first kappa shape index (κ1) is 20.8. The Morgan fingerprint density at radius 2 is 1.90 bits per heavy atom. The summed E-state index contributed by atoms with van der Waals surface area (Å²) in [4.78, 5) is 27.4. The number of hydrogen-bond donors (Lipinski definition) is 1. The van der Waals surface area contributed by atoms with E-state index in [4.69, 9.17) is 20.8 Å². The Hall–Kier alpha value is -3.51. The summed E-state index contributed by atoms with van der Waals surface area (Å²) in [5, 5.41) is 11.6. The topological polar surface area (TPSA) is 80.0 Å². The maximum atomic E-state index is 13.0. The maximum Gasteiger partial charge on any atom is 0.296 e. The molecule has 2 aromatic carbocycles. The first-order chi connectivity index (χ1) is 14.9. The first-order valence-electron chi connectivity index (χ1n) is 9.62. The third-order valence-corrected chi connectivity index (χ3v) is 5.55. The molecule has 1 aromatic heterocycles. The average molecular weight is 438 g/mol. The van der Waals surface area contributed by atoms with Crippen molar-refractivity contribution in [2.24, 2.45) is 0 Å². The molecular weight excluding hydrogens is 418 g/mol. The van der Waals surface area contributed by atoms with Gasteiger partial charge < -0.3 is 19.2 Å². The van der Waals surface area contributed by atoms with Gasteiger partial charge in [0.15, 0.2) is 0 Å². The SMILES string of the molecule is COc1ccc(/C(O)=C2/C(=O)C(=O)N(Cc3ccco3)C2c2ccc(Cl)cc2)cc1C. The summed E-state index contributed by atoms with van der Waals surface area (Å²) in [7, 11) is 1.56. The van der Waals surface area contributed by atoms with Crippen LogP contribution in [-0.4, -0.2) is 28.8 Å². The van der Waals surface area contributed by atoms with E-state index in [-0.39, 0.29) is 17.9 Å². The third-order valence-electron chi connectivity index (χ3n) is 5.30. The number of halogens is 1. The van der Waals surface area contributed by atoms with Crippen LogP contribution in [0, 0.1) is 6.92 Å². The fourth-order valence-corrected chi connectivity index (χ4v) is 3.91. The van der Waals surface area contributed by atoms with Crippen molar-refractivity contribution in [2.75, 3.05) is 7.11 Å². The molecule has 6 nitrogen and oxygen atoms in total. The summed E-state index contributed by atoms with van der Waals surface area (Å²) in [6.07, 6.45) is 1.50. The number of carbonyl (C=O) groups excluding carboxylic acids is 2. The zero-order valence-electron chi connectivity index (χ0n) is 17.0. The van der Waals surface area contributed by atoms with Gasteiger partial charge in [0.05, 0.1) is 31.5 Å². The van der Waals surface area contributed by atoms with E-state index in [1.807, 2.05) is 6.92 Å². The van der Waals surface area contributed by atoms with Crippen molar-refractivity contribution in [3.05, 3.63) is 93.9 Å². The van der Waals surface area contributed by atoms with E-state index in [1.54, 1.807) is 61.7 Å². The molecule has 1 aliphatic rings. The summed E-state index contributed by atoms with van der Waals surface area (Å²) in [6, 6.07) is 14.6. The number of furan rings is 1. The van der Waals surface area contributed by atoms with Crippen molar-refractivity contribution in [1.82, 2.24) is 4.90 Å². The summed E-state index contributed by atoms with van der Waals surface area (Å²) in [6.45, 7) is 1.92. The third kappa shape index (κ3) is 3.82. The highest BCUT2D eigenvalue weighted by Gasteiger charge is 2.46. The van der Waals surface area contributed by atoms with Crippen molar-refractivity contribution in [3.8, 4) is 5.75 Å². The van der Waals surface area contributed by atoms with Crippen LogP contribution >= 0.6 is 11.6 Å². The Labute approximate surface area is 184 Å².